The summed E-state index contributed by atoms with van der Waals surface area (Å²) in [6.45, 7) is 5.38. The van der Waals surface area contributed by atoms with Crippen LogP contribution in [0.2, 0.25) is 0 Å². The Hall–Kier alpha value is -1.16. The van der Waals surface area contributed by atoms with Gasteiger partial charge in [-0.2, -0.15) is 0 Å². The molecule has 2 atom stereocenters. The smallest absolute Gasteiger partial charge is 0.0498 e. The van der Waals surface area contributed by atoms with Gasteiger partial charge in [0.2, 0.25) is 0 Å². The first-order chi connectivity index (χ1) is 10.1. The molecule has 0 fully saturated rings. The molecule has 0 aliphatic rings. The molecule has 3 heteroatoms. The van der Waals surface area contributed by atoms with Gasteiger partial charge < -0.3 is 5.73 Å². The standard InChI is InChI=1S/C18H26N2S/c1-4-17(19)18(16-10-6-5-8-14(16)2)20(3)12-11-15-9-7-13-21-15/h5-10,13,17-18H,4,11-12,19H2,1-3H3. The van der Waals surface area contributed by atoms with E-state index < -0.39 is 0 Å². The van der Waals surface area contributed by atoms with Crippen LogP contribution >= 0.6 is 11.3 Å². The maximum atomic E-state index is 6.43. The molecule has 0 aliphatic heterocycles. The van der Waals surface area contributed by atoms with Crippen LogP contribution in [0.4, 0.5) is 0 Å². The van der Waals surface area contributed by atoms with Crippen LogP contribution < -0.4 is 5.73 Å². The molecular formula is C18H26N2S. The van der Waals surface area contributed by atoms with Gasteiger partial charge in [-0.1, -0.05) is 37.3 Å². The topological polar surface area (TPSA) is 29.3 Å². The van der Waals surface area contributed by atoms with Crippen LogP contribution in [0.3, 0.4) is 0 Å². The zero-order chi connectivity index (χ0) is 15.2. The summed E-state index contributed by atoms with van der Waals surface area (Å²) in [5, 5.41) is 2.14. The highest BCUT2D eigenvalue weighted by Crippen LogP contribution is 2.27. The Kier molecular flexibility index (Phi) is 5.97. The lowest BCUT2D eigenvalue weighted by Crippen LogP contribution is -2.40. The fraction of sp³-hybridized carbons (Fsp3) is 0.444. The van der Waals surface area contributed by atoms with Crippen molar-refractivity contribution in [3.63, 3.8) is 0 Å². The van der Waals surface area contributed by atoms with Gasteiger partial charge in [-0.05, 0) is 49.4 Å². The molecule has 2 unspecified atom stereocenters. The van der Waals surface area contributed by atoms with Gasteiger partial charge in [0.05, 0.1) is 0 Å². The Labute approximate surface area is 132 Å². The quantitative estimate of drug-likeness (QED) is 0.837. The third-order valence-corrected chi connectivity index (χ3v) is 5.09. The van der Waals surface area contributed by atoms with Crippen molar-refractivity contribution < 1.29 is 0 Å². The molecule has 0 spiro atoms. The molecule has 2 rings (SSSR count). The number of thiophene rings is 1. The van der Waals surface area contributed by atoms with E-state index in [0.717, 1.165) is 19.4 Å². The van der Waals surface area contributed by atoms with Crippen LogP contribution in [0.25, 0.3) is 0 Å². The van der Waals surface area contributed by atoms with Gasteiger partial charge >= 0.3 is 0 Å². The molecular weight excluding hydrogens is 276 g/mol. The summed E-state index contributed by atoms with van der Waals surface area (Å²) in [5.41, 5.74) is 9.12. The molecule has 0 radical (unpaired) electrons. The van der Waals surface area contributed by atoms with Crippen molar-refractivity contribution in [2.75, 3.05) is 13.6 Å². The largest absolute Gasteiger partial charge is 0.326 e. The molecule has 0 aliphatic carbocycles. The molecule has 1 aromatic heterocycles. The van der Waals surface area contributed by atoms with E-state index in [4.69, 9.17) is 5.73 Å². The SMILES string of the molecule is CCC(N)C(c1ccccc1C)N(C)CCc1cccs1. The first kappa shape index (κ1) is 16.2. The second-order valence-electron chi connectivity index (χ2n) is 5.68. The fourth-order valence-electron chi connectivity index (χ4n) is 2.82. The van der Waals surface area contributed by atoms with Crippen LogP contribution in [0.1, 0.15) is 35.4 Å². The monoisotopic (exact) mass is 302 g/mol. The Morgan fingerprint density at radius 3 is 2.57 bits per heavy atom. The highest BCUT2D eigenvalue weighted by Gasteiger charge is 2.24. The number of benzene rings is 1. The molecule has 0 amide bonds. The Morgan fingerprint density at radius 1 is 1.19 bits per heavy atom. The lowest BCUT2D eigenvalue weighted by atomic mass is 9.93. The Morgan fingerprint density at radius 2 is 1.95 bits per heavy atom. The summed E-state index contributed by atoms with van der Waals surface area (Å²) in [5.74, 6) is 0. The van der Waals surface area contributed by atoms with Crippen LogP contribution in [-0.2, 0) is 6.42 Å². The van der Waals surface area contributed by atoms with E-state index in [1.807, 2.05) is 11.3 Å². The maximum Gasteiger partial charge on any atom is 0.0498 e. The number of rotatable bonds is 7. The first-order valence-electron chi connectivity index (χ1n) is 7.67. The van der Waals surface area contributed by atoms with Crippen molar-refractivity contribution in [2.45, 2.75) is 38.8 Å². The van der Waals surface area contributed by atoms with Crippen molar-refractivity contribution >= 4 is 11.3 Å². The van der Waals surface area contributed by atoms with Crippen LogP contribution in [0.15, 0.2) is 41.8 Å². The van der Waals surface area contributed by atoms with E-state index in [1.165, 1.54) is 16.0 Å². The van der Waals surface area contributed by atoms with E-state index in [-0.39, 0.29) is 12.1 Å². The summed E-state index contributed by atoms with van der Waals surface area (Å²) >= 11 is 1.83. The van der Waals surface area contributed by atoms with Gasteiger partial charge in [0.25, 0.3) is 0 Å². The number of nitrogens with zero attached hydrogens (tertiary/aromatic N) is 1. The number of nitrogens with two attached hydrogens (primary N) is 1. The van der Waals surface area contributed by atoms with E-state index in [0.29, 0.717) is 0 Å². The number of hydrogen-bond donors (Lipinski definition) is 1. The molecule has 21 heavy (non-hydrogen) atoms. The van der Waals surface area contributed by atoms with Gasteiger partial charge in [-0.3, -0.25) is 4.90 Å². The van der Waals surface area contributed by atoms with Crippen molar-refractivity contribution in [2.24, 2.45) is 5.73 Å². The molecule has 2 N–H and O–H groups in total. The zero-order valence-electron chi connectivity index (χ0n) is 13.3. The highest BCUT2D eigenvalue weighted by molar-refractivity contribution is 7.09. The van der Waals surface area contributed by atoms with E-state index >= 15 is 0 Å². The average Bonchev–Trinajstić information content (AvgIpc) is 3.00. The van der Waals surface area contributed by atoms with Crippen molar-refractivity contribution in [1.82, 2.24) is 4.90 Å². The third-order valence-electron chi connectivity index (χ3n) is 4.15. The molecule has 2 nitrogen and oxygen atoms in total. The van der Waals surface area contributed by atoms with Crippen LogP contribution in [0.5, 0.6) is 0 Å². The van der Waals surface area contributed by atoms with Gasteiger partial charge in [0.1, 0.15) is 0 Å². The molecule has 0 saturated carbocycles. The van der Waals surface area contributed by atoms with Gasteiger partial charge in [0, 0.05) is 23.5 Å². The lowest BCUT2D eigenvalue weighted by molar-refractivity contribution is 0.211. The molecule has 1 aromatic carbocycles. The van der Waals surface area contributed by atoms with Crippen molar-refractivity contribution in [3.05, 3.63) is 57.8 Å². The van der Waals surface area contributed by atoms with E-state index in [1.54, 1.807) is 0 Å². The van der Waals surface area contributed by atoms with Crippen LogP contribution in [-0.4, -0.2) is 24.5 Å². The normalized spacial score (nSPS) is 14.3. The maximum absolute atomic E-state index is 6.43. The molecule has 114 valence electrons. The van der Waals surface area contributed by atoms with Gasteiger partial charge in [-0.15, -0.1) is 11.3 Å². The summed E-state index contributed by atoms with van der Waals surface area (Å²) in [4.78, 5) is 3.85. The summed E-state index contributed by atoms with van der Waals surface area (Å²) < 4.78 is 0. The second-order valence-corrected chi connectivity index (χ2v) is 6.72. The average molecular weight is 302 g/mol. The van der Waals surface area contributed by atoms with Gasteiger partial charge in [0.15, 0.2) is 0 Å². The predicted octanol–water partition coefficient (Wildman–Crippen LogP) is 4.01. The van der Waals surface area contributed by atoms with E-state index in [9.17, 15) is 0 Å². The van der Waals surface area contributed by atoms with Gasteiger partial charge in [-0.25, -0.2) is 0 Å². The molecule has 0 saturated heterocycles. The first-order valence-corrected chi connectivity index (χ1v) is 8.55. The predicted molar refractivity (Wildman–Crippen MR) is 92.8 cm³/mol. The number of aryl methyl sites for hydroxylation is 1. The van der Waals surface area contributed by atoms with Crippen molar-refractivity contribution in [1.29, 1.82) is 0 Å². The lowest BCUT2D eigenvalue weighted by Gasteiger charge is -2.33. The summed E-state index contributed by atoms with van der Waals surface area (Å²) in [6, 6.07) is 13.4. The minimum atomic E-state index is 0.166. The number of likely N-dealkylation sites (N-methyl/N-ethyl adjacent to an activating group) is 1. The number of hydrogen-bond acceptors (Lipinski definition) is 3. The minimum absolute atomic E-state index is 0.166. The second kappa shape index (κ2) is 7.74. The molecule has 1 heterocycles. The van der Waals surface area contributed by atoms with Crippen LogP contribution in [0, 0.1) is 6.92 Å². The van der Waals surface area contributed by atoms with E-state index in [2.05, 4.69) is 67.6 Å². The summed E-state index contributed by atoms with van der Waals surface area (Å²) in [7, 11) is 2.19. The molecule has 0 bridgehead atoms. The Balaban J connectivity index is 2.14. The molecule has 2 aromatic rings. The van der Waals surface area contributed by atoms with Crippen molar-refractivity contribution in [3.8, 4) is 0 Å². The third kappa shape index (κ3) is 4.16. The summed E-state index contributed by atoms with van der Waals surface area (Å²) in [6.07, 6.45) is 2.08. The minimum Gasteiger partial charge on any atom is -0.326 e. The zero-order valence-corrected chi connectivity index (χ0v) is 14.1. The fourth-order valence-corrected chi connectivity index (χ4v) is 3.52. The highest BCUT2D eigenvalue weighted by atomic mass is 32.1. The Bertz CT molecular complexity index is 536.